The van der Waals surface area contributed by atoms with Crippen LogP contribution < -0.4 is 10.1 Å². The van der Waals surface area contributed by atoms with Gasteiger partial charge in [0, 0.05) is 29.3 Å². The van der Waals surface area contributed by atoms with Crippen LogP contribution in [0.4, 0.5) is 0 Å². The molecule has 0 saturated carbocycles. The smallest absolute Gasteiger partial charge is 0.336 e. The normalized spacial score (nSPS) is 20.6. The molecule has 162 valence electrons. The summed E-state index contributed by atoms with van der Waals surface area (Å²) in [5.74, 6) is -0.0119. The SMILES string of the molecule is CCCCCOC(=O)C1=C(C)NC2=C(C(=O)CC(C)(C)C2)[C@H]1c1cccc(OC)c1. The minimum atomic E-state index is -0.446. The second-order valence-electron chi connectivity index (χ2n) is 9.05. The summed E-state index contributed by atoms with van der Waals surface area (Å²) in [4.78, 5) is 26.4. The molecule has 0 aromatic heterocycles. The Morgan fingerprint density at radius 1 is 1.23 bits per heavy atom. The van der Waals surface area contributed by atoms with Gasteiger partial charge in [-0.25, -0.2) is 4.79 Å². The molecule has 0 fully saturated rings. The van der Waals surface area contributed by atoms with Crippen LogP contribution in [0.25, 0.3) is 0 Å². The van der Waals surface area contributed by atoms with E-state index in [0.29, 0.717) is 29.9 Å². The van der Waals surface area contributed by atoms with E-state index >= 15 is 0 Å². The number of hydrogen-bond acceptors (Lipinski definition) is 5. The summed E-state index contributed by atoms with van der Waals surface area (Å²) in [5, 5.41) is 3.37. The maximum absolute atomic E-state index is 13.3. The summed E-state index contributed by atoms with van der Waals surface area (Å²) in [5.41, 5.74) is 3.65. The van der Waals surface area contributed by atoms with Crippen molar-refractivity contribution in [3.05, 3.63) is 52.4 Å². The van der Waals surface area contributed by atoms with Crippen LogP contribution in [-0.4, -0.2) is 25.5 Å². The number of Topliss-reactive ketones (excluding diaryl/α,β-unsaturated/α-hetero) is 1. The molecule has 1 atom stereocenters. The van der Waals surface area contributed by atoms with E-state index in [1.54, 1.807) is 7.11 Å². The minimum Gasteiger partial charge on any atom is -0.497 e. The third-order valence-electron chi connectivity index (χ3n) is 5.87. The lowest BCUT2D eigenvalue weighted by atomic mass is 9.68. The van der Waals surface area contributed by atoms with Gasteiger partial charge >= 0.3 is 5.97 Å². The summed E-state index contributed by atoms with van der Waals surface area (Å²) in [6.07, 6.45) is 4.16. The summed E-state index contributed by atoms with van der Waals surface area (Å²) >= 11 is 0. The van der Waals surface area contributed by atoms with Crippen molar-refractivity contribution in [3.8, 4) is 5.75 Å². The maximum atomic E-state index is 13.3. The second kappa shape index (κ2) is 9.07. The maximum Gasteiger partial charge on any atom is 0.336 e. The highest BCUT2D eigenvalue weighted by molar-refractivity contribution is 6.04. The van der Waals surface area contributed by atoms with E-state index in [-0.39, 0.29) is 17.2 Å². The van der Waals surface area contributed by atoms with E-state index in [1.165, 1.54) is 0 Å². The summed E-state index contributed by atoms with van der Waals surface area (Å²) < 4.78 is 11.0. The molecule has 0 amide bonds. The average Bonchev–Trinajstić information content (AvgIpc) is 2.69. The molecule has 1 N–H and O–H groups in total. The first-order valence-corrected chi connectivity index (χ1v) is 10.8. The molecule has 1 aliphatic carbocycles. The van der Waals surface area contributed by atoms with Crippen molar-refractivity contribution in [1.82, 2.24) is 5.32 Å². The fourth-order valence-electron chi connectivity index (χ4n) is 4.46. The number of ether oxygens (including phenoxy) is 2. The Bertz CT molecular complexity index is 894. The lowest BCUT2D eigenvalue weighted by Gasteiger charge is -2.39. The largest absolute Gasteiger partial charge is 0.497 e. The molecule has 0 bridgehead atoms. The highest BCUT2D eigenvalue weighted by atomic mass is 16.5. The van der Waals surface area contributed by atoms with E-state index in [0.717, 1.165) is 42.6 Å². The first-order valence-electron chi connectivity index (χ1n) is 10.8. The van der Waals surface area contributed by atoms with Gasteiger partial charge in [0.2, 0.25) is 0 Å². The third-order valence-corrected chi connectivity index (χ3v) is 5.87. The molecule has 1 aromatic rings. The fourth-order valence-corrected chi connectivity index (χ4v) is 4.46. The van der Waals surface area contributed by atoms with Crippen LogP contribution in [0.1, 0.15) is 71.3 Å². The Balaban J connectivity index is 2.04. The number of carbonyl (C=O) groups is 2. The van der Waals surface area contributed by atoms with Crippen molar-refractivity contribution in [3.63, 3.8) is 0 Å². The molecule has 5 nitrogen and oxygen atoms in total. The Kier molecular flexibility index (Phi) is 6.69. The summed E-state index contributed by atoms with van der Waals surface area (Å²) in [6, 6.07) is 7.62. The Morgan fingerprint density at radius 3 is 2.70 bits per heavy atom. The van der Waals surface area contributed by atoms with Crippen LogP contribution in [0, 0.1) is 5.41 Å². The monoisotopic (exact) mass is 411 g/mol. The standard InChI is InChI=1S/C25H33NO4/c1-6-7-8-12-30-24(28)21-16(2)26-19-14-25(3,4)15-20(27)23(19)22(21)17-10-9-11-18(13-17)29-5/h9-11,13,22,26H,6-8,12,14-15H2,1-5H3/t22-/m0/s1. The molecule has 0 spiro atoms. The lowest BCUT2D eigenvalue weighted by Crippen LogP contribution is -2.38. The molecular formula is C25H33NO4. The van der Waals surface area contributed by atoms with Gasteiger partial charge in [0.25, 0.3) is 0 Å². The molecule has 30 heavy (non-hydrogen) atoms. The number of dihydropyridines is 1. The topological polar surface area (TPSA) is 64.6 Å². The Labute approximate surface area is 179 Å². The van der Waals surface area contributed by atoms with Crippen molar-refractivity contribution in [1.29, 1.82) is 0 Å². The van der Waals surface area contributed by atoms with Gasteiger partial charge in [-0.15, -0.1) is 0 Å². The van der Waals surface area contributed by atoms with Gasteiger partial charge < -0.3 is 14.8 Å². The number of unbranched alkanes of at least 4 members (excludes halogenated alkanes) is 2. The number of rotatable bonds is 7. The Morgan fingerprint density at radius 2 is 2.00 bits per heavy atom. The molecule has 3 rings (SSSR count). The van der Waals surface area contributed by atoms with Crippen LogP contribution in [0.5, 0.6) is 5.75 Å². The molecule has 1 heterocycles. The fraction of sp³-hybridized carbons (Fsp3) is 0.520. The van der Waals surface area contributed by atoms with Crippen molar-refractivity contribution >= 4 is 11.8 Å². The van der Waals surface area contributed by atoms with Gasteiger partial charge in [0.05, 0.1) is 19.3 Å². The summed E-state index contributed by atoms with van der Waals surface area (Å²) in [7, 11) is 1.62. The van der Waals surface area contributed by atoms with Crippen LogP contribution in [0.3, 0.4) is 0 Å². The zero-order valence-electron chi connectivity index (χ0n) is 18.8. The average molecular weight is 412 g/mol. The van der Waals surface area contributed by atoms with Crippen LogP contribution in [0.15, 0.2) is 46.8 Å². The number of benzene rings is 1. The quantitative estimate of drug-likeness (QED) is 0.503. The van der Waals surface area contributed by atoms with Crippen LogP contribution >= 0.6 is 0 Å². The Hall–Kier alpha value is -2.56. The number of esters is 1. The predicted molar refractivity (Wildman–Crippen MR) is 117 cm³/mol. The van der Waals surface area contributed by atoms with E-state index < -0.39 is 5.92 Å². The predicted octanol–water partition coefficient (Wildman–Crippen LogP) is 5.03. The van der Waals surface area contributed by atoms with Crippen molar-refractivity contribution in [2.45, 2.75) is 65.7 Å². The van der Waals surface area contributed by atoms with Crippen LogP contribution in [-0.2, 0) is 14.3 Å². The van der Waals surface area contributed by atoms with Gasteiger partial charge in [-0.3, -0.25) is 4.79 Å². The second-order valence-corrected chi connectivity index (χ2v) is 9.05. The number of hydrogen-bond donors (Lipinski definition) is 1. The highest BCUT2D eigenvalue weighted by Gasteiger charge is 2.43. The summed E-state index contributed by atoms with van der Waals surface area (Å²) in [6.45, 7) is 8.61. The van der Waals surface area contributed by atoms with Crippen molar-refractivity contribution in [2.24, 2.45) is 5.41 Å². The third kappa shape index (κ3) is 4.61. The highest BCUT2D eigenvalue weighted by Crippen LogP contribution is 2.47. The molecule has 1 aliphatic heterocycles. The zero-order valence-corrected chi connectivity index (χ0v) is 18.8. The molecule has 1 aromatic carbocycles. The number of allylic oxidation sites excluding steroid dienone is 3. The number of ketones is 1. The minimum absolute atomic E-state index is 0.0883. The van der Waals surface area contributed by atoms with E-state index in [1.807, 2.05) is 31.2 Å². The van der Waals surface area contributed by atoms with Gasteiger partial charge in [0.15, 0.2) is 5.78 Å². The molecule has 5 heteroatoms. The van der Waals surface area contributed by atoms with Gasteiger partial charge in [-0.1, -0.05) is 45.7 Å². The van der Waals surface area contributed by atoms with Crippen molar-refractivity contribution in [2.75, 3.05) is 13.7 Å². The number of nitrogens with one attached hydrogen (secondary N) is 1. The van der Waals surface area contributed by atoms with Crippen LogP contribution in [0.2, 0.25) is 0 Å². The number of methoxy groups -OCH3 is 1. The molecule has 0 saturated heterocycles. The van der Waals surface area contributed by atoms with E-state index in [2.05, 4.69) is 26.1 Å². The molecular weight excluding hydrogens is 378 g/mol. The lowest BCUT2D eigenvalue weighted by molar-refractivity contribution is -0.139. The first kappa shape index (κ1) is 22.1. The van der Waals surface area contributed by atoms with Gasteiger partial charge in [-0.2, -0.15) is 0 Å². The first-order chi connectivity index (χ1) is 14.3. The number of carbonyl (C=O) groups excluding carboxylic acids is 2. The zero-order chi connectivity index (χ0) is 21.9. The van der Waals surface area contributed by atoms with Gasteiger partial charge in [0.1, 0.15) is 5.75 Å². The van der Waals surface area contributed by atoms with Gasteiger partial charge in [-0.05, 0) is 42.9 Å². The van der Waals surface area contributed by atoms with E-state index in [4.69, 9.17) is 9.47 Å². The molecule has 2 aliphatic rings. The molecule has 0 unspecified atom stereocenters. The van der Waals surface area contributed by atoms with E-state index in [9.17, 15) is 9.59 Å². The van der Waals surface area contributed by atoms with Crippen molar-refractivity contribution < 1.29 is 19.1 Å². The molecule has 0 radical (unpaired) electrons.